The van der Waals surface area contributed by atoms with Crippen molar-refractivity contribution in [3.8, 4) is 0 Å². The number of aromatic nitrogens is 2. The van der Waals surface area contributed by atoms with E-state index in [2.05, 4.69) is 20.7 Å². The molecule has 2 aromatic rings. The summed E-state index contributed by atoms with van der Waals surface area (Å²) in [5.41, 5.74) is 4.91. The minimum atomic E-state index is -0.449. The van der Waals surface area contributed by atoms with Crippen molar-refractivity contribution in [3.63, 3.8) is 0 Å². The van der Waals surface area contributed by atoms with Crippen molar-refractivity contribution in [1.29, 1.82) is 0 Å². The molecular weight excluding hydrogens is 242 g/mol. The lowest BCUT2D eigenvalue weighted by molar-refractivity contribution is -0.384. The van der Waals surface area contributed by atoms with E-state index in [1.807, 2.05) is 0 Å². The van der Waals surface area contributed by atoms with Crippen LogP contribution in [0.5, 0.6) is 0 Å². The zero-order valence-electron chi connectivity index (χ0n) is 8.48. The molecule has 1 N–H and O–H groups in total. The van der Waals surface area contributed by atoms with Crippen molar-refractivity contribution in [2.45, 2.75) is 0 Å². The molecular formula is C9H7N5O2S. The highest BCUT2D eigenvalue weighted by Gasteiger charge is 2.03. The Labute approximate surface area is 100.0 Å². The summed E-state index contributed by atoms with van der Waals surface area (Å²) in [6, 6.07) is 6.18. The monoisotopic (exact) mass is 249 g/mol. The van der Waals surface area contributed by atoms with Crippen LogP contribution in [0, 0.1) is 10.1 Å². The maximum absolute atomic E-state index is 10.5. The Hall–Kier alpha value is -2.35. The molecule has 0 bridgehead atoms. The summed E-state index contributed by atoms with van der Waals surface area (Å²) in [7, 11) is 0. The van der Waals surface area contributed by atoms with Gasteiger partial charge in [0.1, 0.15) is 5.51 Å². The second-order valence-corrected chi connectivity index (χ2v) is 3.80. The van der Waals surface area contributed by atoms with Crippen LogP contribution in [-0.2, 0) is 0 Å². The molecule has 0 aliphatic heterocycles. The lowest BCUT2D eigenvalue weighted by Crippen LogP contribution is -1.92. The Morgan fingerprint density at radius 2 is 2.41 bits per heavy atom. The molecule has 7 nitrogen and oxygen atoms in total. The molecule has 1 aromatic carbocycles. The predicted octanol–water partition coefficient (Wildman–Crippen LogP) is 1.89. The molecule has 2 rings (SSSR count). The number of rotatable bonds is 4. The number of benzene rings is 1. The molecule has 0 radical (unpaired) electrons. The van der Waals surface area contributed by atoms with E-state index in [9.17, 15) is 10.1 Å². The first kappa shape index (κ1) is 11.1. The minimum absolute atomic E-state index is 0.0323. The smallest absolute Gasteiger partial charge is 0.258 e. The molecule has 17 heavy (non-hydrogen) atoms. The Morgan fingerprint density at radius 1 is 1.53 bits per heavy atom. The Kier molecular flexibility index (Phi) is 3.36. The zero-order chi connectivity index (χ0) is 12.1. The van der Waals surface area contributed by atoms with Crippen molar-refractivity contribution in [1.82, 2.24) is 10.2 Å². The lowest BCUT2D eigenvalue weighted by Gasteiger charge is -1.94. The van der Waals surface area contributed by atoms with E-state index in [0.717, 1.165) is 0 Å². The summed E-state index contributed by atoms with van der Waals surface area (Å²) in [6.45, 7) is 0. The van der Waals surface area contributed by atoms with Crippen LogP contribution < -0.4 is 5.43 Å². The van der Waals surface area contributed by atoms with Gasteiger partial charge in [-0.25, -0.2) is 0 Å². The Morgan fingerprint density at radius 3 is 3.12 bits per heavy atom. The van der Waals surface area contributed by atoms with Crippen LogP contribution in [0.2, 0.25) is 0 Å². The molecule has 0 fully saturated rings. The predicted molar refractivity (Wildman–Crippen MR) is 64.2 cm³/mol. The van der Waals surface area contributed by atoms with Crippen molar-refractivity contribution >= 4 is 28.4 Å². The van der Waals surface area contributed by atoms with E-state index < -0.39 is 4.92 Å². The molecule has 0 unspecified atom stereocenters. The SMILES string of the molecule is O=[N+]([O-])c1cccc(C=NNc2nncs2)c1. The molecule has 0 aliphatic rings. The molecule has 1 heterocycles. The van der Waals surface area contributed by atoms with Gasteiger partial charge in [-0.3, -0.25) is 15.5 Å². The highest BCUT2D eigenvalue weighted by atomic mass is 32.1. The number of hydrogen-bond donors (Lipinski definition) is 1. The second kappa shape index (κ2) is 5.12. The molecule has 0 amide bonds. The molecule has 0 aliphatic carbocycles. The van der Waals surface area contributed by atoms with Crippen molar-refractivity contribution in [2.75, 3.05) is 5.43 Å². The summed E-state index contributed by atoms with van der Waals surface area (Å²) in [6.07, 6.45) is 1.48. The number of nitro benzene ring substituents is 1. The fraction of sp³-hybridized carbons (Fsp3) is 0. The largest absolute Gasteiger partial charge is 0.270 e. The zero-order valence-corrected chi connectivity index (χ0v) is 9.29. The summed E-state index contributed by atoms with van der Waals surface area (Å²) >= 11 is 1.31. The summed E-state index contributed by atoms with van der Waals surface area (Å²) in [5.74, 6) is 0. The van der Waals surface area contributed by atoms with E-state index in [0.29, 0.717) is 10.7 Å². The van der Waals surface area contributed by atoms with E-state index in [-0.39, 0.29) is 5.69 Å². The normalized spacial score (nSPS) is 10.6. The number of hydrazone groups is 1. The number of nitrogens with zero attached hydrogens (tertiary/aromatic N) is 4. The highest BCUT2D eigenvalue weighted by Crippen LogP contribution is 2.12. The fourth-order valence-electron chi connectivity index (χ4n) is 1.10. The van der Waals surface area contributed by atoms with Gasteiger partial charge in [-0.15, -0.1) is 10.2 Å². The molecule has 8 heteroatoms. The number of nitrogens with one attached hydrogen (secondary N) is 1. The fourth-order valence-corrected chi connectivity index (χ4v) is 1.50. The summed E-state index contributed by atoms with van der Waals surface area (Å²) in [4.78, 5) is 10.1. The van der Waals surface area contributed by atoms with Gasteiger partial charge in [0.05, 0.1) is 11.1 Å². The van der Waals surface area contributed by atoms with Gasteiger partial charge in [-0.2, -0.15) is 5.10 Å². The first-order chi connectivity index (χ1) is 8.25. The van der Waals surface area contributed by atoms with E-state index in [4.69, 9.17) is 0 Å². The van der Waals surface area contributed by atoms with E-state index in [1.165, 1.54) is 29.7 Å². The maximum atomic E-state index is 10.5. The molecule has 0 spiro atoms. The second-order valence-electron chi connectivity index (χ2n) is 2.97. The average Bonchev–Trinajstić information content (AvgIpc) is 2.82. The van der Waals surface area contributed by atoms with E-state index >= 15 is 0 Å². The topological polar surface area (TPSA) is 93.3 Å². The van der Waals surface area contributed by atoms with Gasteiger partial charge in [0, 0.05) is 17.7 Å². The van der Waals surface area contributed by atoms with Crippen molar-refractivity contribution < 1.29 is 4.92 Å². The third kappa shape index (κ3) is 3.05. The van der Waals surface area contributed by atoms with Gasteiger partial charge >= 0.3 is 0 Å². The van der Waals surface area contributed by atoms with Gasteiger partial charge in [-0.1, -0.05) is 23.5 Å². The third-order valence-corrected chi connectivity index (χ3v) is 2.41. The van der Waals surface area contributed by atoms with Crippen molar-refractivity contribution in [2.24, 2.45) is 5.10 Å². The minimum Gasteiger partial charge on any atom is -0.258 e. The molecule has 0 saturated heterocycles. The number of nitro groups is 1. The Bertz CT molecular complexity index is 540. The van der Waals surface area contributed by atoms with Gasteiger partial charge in [-0.05, 0) is 0 Å². The van der Waals surface area contributed by atoms with Crippen LogP contribution in [0.3, 0.4) is 0 Å². The summed E-state index contributed by atoms with van der Waals surface area (Å²) < 4.78 is 0. The van der Waals surface area contributed by atoms with Crippen LogP contribution in [0.1, 0.15) is 5.56 Å². The van der Waals surface area contributed by atoms with Gasteiger partial charge in [0.2, 0.25) is 5.13 Å². The first-order valence-corrected chi connectivity index (χ1v) is 5.43. The third-order valence-electron chi connectivity index (χ3n) is 1.81. The average molecular weight is 249 g/mol. The standard InChI is InChI=1S/C9H7N5O2S/c15-14(16)8-3-1-2-7(4-8)5-10-12-9-13-11-6-17-9/h1-6H,(H,12,13). The van der Waals surface area contributed by atoms with Gasteiger partial charge < -0.3 is 0 Å². The highest BCUT2D eigenvalue weighted by molar-refractivity contribution is 7.13. The molecule has 0 saturated carbocycles. The van der Waals surface area contributed by atoms with E-state index in [1.54, 1.807) is 17.6 Å². The van der Waals surface area contributed by atoms with Crippen LogP contribution >= 0.6 is 11.3 Å². The van der Waals surface area contributed by atoms with Crippen molar-refractivity contribution in [3.05, 3.63) is 45.5 Å². The van der Waals surface area contributed by atoms with Crippen LogP contribution in [0.15, 0.2) is 34.9 Å². The number of non-ortho nitro benzene ring substituents is 1. The van der Waals surface area contributed by atoms with Gasteiger partial charge in [0.25, 0.3) is 5.69 Å². The first-order valence-electron chi connectivity index (χ1n) is 4.55. The number of hydrogen-bond acceptors (Lipinski definition) is 7. The molecule has 86 valence electrons. The van der Waals surface area contributed by atoms with Crippen LogP contribution in [-0.4, -0.2) is 21.3 Å². The van der Waals surface area contributed by atoms with Crippen LogP contribution in [0.4, 0.5) is 10.8 Å². The molecule has 0 atom stereocenters. The lowest BCUT2D eigenvalue weighted by atomic mass is 10.2. The van der Waals surface area contributed by atoms with Gasteiger partial charge in [0.15, 0.2) is 0 Å². The quantitative estimate of drug-likeness (QED) is 0.507. The van der Waals surface area contributed by atoms with Crippen LogP contribution in [0.25, 0.3) is 0 Å². The maximum Gasteiger partial charge on any atom is 0.270 e. The molecule has 1 aromatic heterocycles. The number of anilines is 1. The Balaban J connectivity index is 2.05. The summed E-state index contributed by atoms with van der Waals surface area (Å²) in [5, 5.41) is 22.4.